The molecule has 1 amide bonds. The molecule has 1 N–H and O–H groups in total. The van der Waals surface area contributed by atoms with Crippen LogP contribution in [0.1, 0.15) is 18.1 Å². The SMILES string of the molecule is C=NC(=O)/C(F)=C\N(CNc1ccccc1CC)Cc1ccc(F)cc1. The summed E-state index contributed by atoms with van der Waals surface area (Å²) in [6.07, 6.45) is 1.94. The number of nitrogens with zero attached hydrogens (tertiary/aromatic N) is 2. The molecular weight excluding hydrogens is 336 g/mol. The Labute approximate surface area is 151 Å². The fourth-order valence-electron chi connectivity index (χ4n) is 2.45. The van der Waals surface area contributed by atoms with Crippen molar-refractivity contribution >= 4 is 18.3 Å². The largest absolute Gasteiger partial charge is 0.368 e. The van der Waals surface area contributed by atoms with Crippen LogP contribution in [0.3, 0.4) is 0 Å². The molecule has 0 saturated carbocycles. The summed E-state index contributed by atoms with van der Waals surface area (Å²) >= 11 is 0. The van der Waals surface area contributed by atoms with E-state index in [0.717, 1.165) is 29.4 Å². The van der Waals surface area contributed by atoms with E-state index in [9.17, 15) is 13.6 Å². The maximum Gasteiger partial charge on any atom is 0.306 e. The number of rotatable bonds is 8. The number of nitrogens with one attached hydrogen (secondary N) is 1. The molecule has 4 nitrogen and oxygen atoms in total. The third-order valence-corrected chi connectivity index (χ3v) is 3.81. The molecular formula is C20H21F2N3O. The summed E-state index contributed by atoms with van der Waals surface area (Å²) in [7, 11) is 0. The van der Waals surface area contributed by atoms with Crippen LogP contribution >= 0.6 is 0 Å². The molecule has 2 rings (SSSR count). The van der Waals surface area contributed by atoms with Crippen LogP contribution in [0.25, 0.3) is 0 Å². The van der Waals surface area contributed by atoms with Gasteiger partial charge in [-0.1, -0.05) is 37.3 Å². The molecule has 0 aliphatic heterocycles. The maximum absolute atomic E-state index is 13.9. The zero-order chi connectivity index (χ0) is 18.9. The predicted molar refractivity (Wildman–Crippen MR) is 100.0 cm³/mol. The van der Waals surface area contributed by atoms with Crippen molar-refractivity contribution in [2.24, 2.45) is 4.99 Å². The Balaban J connectivity index is 2.17. The fourth-order valence-corrected chi connectivity index (χ4v) is 2.45. The molecule has 6 heteroatoms. The number of aryl methyl sites for hydroxylation is 1. The molecule has 0 unspecified atom stereocenters. The maximum atomic E-state index is 13.9. The van der Waals surface area contributed by atoms with Crippen molar-refractivity contribution in [2.75, 3.05) is 12.0 Å². The van der Waals surface area contributed by atoms with Gasteiger partial charge in [-0.25, -0.2) is 9.38 Å². The molecule has 2 aromatic rings. The van der Waals surface area contributed by atoms with Gasteiger partial charge in [0.05, 0.1) is 6.67 Å². The average Bonchev–Trinajstić information content (AvgIpc) is 2.67. The molecule has 0 aliphatic rings. The molecule has 2 aromatic carbocycles. The van der Waals surface area contributed by atoms with E-state index in [1.54, 1.807) is 17.0 Å². The summed E-state index contributed by atoms with van der Waals surface area (Å²) < 4.78 is 27.0. The molecule has 0 aromatic heterocycles. The van der Waals surface area contributed by atoms with Crippen molar-refractivity contribution in [1.29, 1.82) is 0 Å². The number of anilines is 1. The molecule has 26 heavy (non-hydrogen) atoms. The second-order valence-corrected chi connectivity index (χ2v) is 5.66. The van der Waals surface area contributed by atoms with Gasteiger partial charge in [-0.15, -0.1) is 0 Å². The van der Waals surface area contributed by atoms with Crippen LogP contribution in [-0.4, -0.2) is 24.2 Å². The van der Waals surface area contributed by atoms with Crippen molar-refractivity contribution in [1.82, 2.24) is 4.90 Å². The van der Waals surface area contributed by atoms with Gasteiger partial charge in [0.1, 0.15) is 5.82 Å². The van der Waals surface area contributed by atoms with Crippen molar-refractivity contribution < 1.29 is 13.6 Å². The second kappa shape index (κ2) is 9.46. The number of carbonyl (C=O) groups is 1. The Bertz CT molecular complexity index is 788. The van der Waals surface area contributed by atoms with E-state index in [0.29, 0.717) is 6.54 Å². The van der Waals surface area contributed by atoms with E-state index in [2.05, 4.69) is 17.0 Å². The molecule has 0 atom stereocenters. The molecule has 0 spiro atoms. The second-order valence-electron chi connectivity index (χ2n) is 5.66. The highest BCUT2D eigenvalue weighted by Crippen LogP contribution is 2.16. The number of amides is 1. The summed E-state index contributed by atoms with van der Waals surface area (Å²) in [6.45, 7) is 5.64. The summed E-state index contributed by atoms with van der Waals surface area (Å²) in [6, 6.07) is 13.7. The zero-order valence-corrected chi connectivity index (χ0v) is 14.6. The van der Waals surface area contributed by atoms with Gasteiger partial charge in [0, 0.05) is 18.4 Å². The highest BCUT2D eigenvalue weighted by molar-refractivity contribution is 5.94. The van der Waals surface area contributed by atoms with E-state index >= 15 is 0 Å². The lowest BCUT2D eigenvalue weighted by atomic mass is 10.1. The molecule has 0 saturated heterocycles. The van der Waals surface area contributed by atoms with Gasteiger partial charge >= 0.3 is 5.91 Å². The molecule has 0 fully saturated rings. The van der Waals surface area contributed by atoms with Gasteiger partial charge in [0.25, 0.3) is 0 Å². The number of carbonyl (C=O) groups excluding carboxylic acids is 1. The summed E-state index contributed by atoms with van der Waals surface area (Å²) in [5, 5.41) is 3.24. The van der Waals surface area contributed by atoms with Crippen LogP contribution < -0.4 is 5.32 Å². The van der Waals surface area contributed by atoms with Crippen molar-refractivity contribution in [3.63, 3.8) is 0 Å². The van der Waals surface area contributed by atoms with Crippen LogP contribution in [0.2, 0.25) is 0 Å². The molecule has 136 valence electrons. The first-order chi connectivity index (χ1) is 12.5. The lowest BCUT2D eigenvalue weighted by Crippen LogP contribution is -2.25. The molecule has 0 heterocycles. The first kappa shape index (κ1) is 19.3. The van der Waals surface area contributed by atoms with Crippen molar-refractivity contribution in [3.05, 3.63) is 77.5 Å². The molecule has 0 radical (unpaired) electrons. The minimum atomic E-state index is -1.02. The van der Waals surface area contributed by atoms with Gasteiger partial charge in [-0.2, -0.15) is 4.39 Å². The van der Waals surface area contributed by atoms with Crippen molar-refractivity contribution in [3.8, 4) is 0 Å². The van der Waals surface area contributed by atoms with Crippen LogP contribution in [0.15, 0.2) is 65.6 Å². The van der Waals surface area contributed by atoms with Crippen LogP contribution in [0.4, 0.5) is 14.5 Å². The minimum Gasteiger partial charge on any atom is -0.368 e. The number of aliphatic imine (C=N–C) groups is 1. The number of hydrogen-bond donors (Lipinski definition) is 1. The Hall–Kier alpha value is -3.02. The molecule has 0 bridgehead atoms. The number of halogens is 2. The predicted octanol–water partition coefficient (Wildman–Crippen LogP) is 4.30. The number of para-hydroxylation sites is 1. The highest BCUT2D eigenvalue weighted by Gasteiger charge is 2.10. The van der Waals surface area contributed by atoms with Gasteiger partial charge in [-0.3, -0.25) is 4.79 Å². The van der Waals surface area contributed by atoms with Crippen LogP contribution in [0, 0.1) is 5.82 Å². The highest BCUT2D eigenvalue weighted by atomic mass is 19.1. The number of hydrogen-bond acceptors (Lipinski definition) is 3. The fraction of sp³-hybridized carbons (Fsp3) is 0.200. The van der Waals surface area contributed by atoms with Crippen molar-refractivity contribution in [2.45, 2.75) is 19.9 Å². The van der Waals surface area contributed by atoms with E-state index in [1.807, 2.05) is 31.2 Å². The smallest absolute Gasteiger partial charge is 0.306 e. The van der Waals surface area contributed by atoms with Gasteiger partial charge in [0.2, 0.25) is 5.83 Å². The third kappa shape index (κ3) is 5.51. The Morgan fingerprint density at radius 2 is 1.92 bits per heavy atom. The normalized spacial score (nSPS) is 11.1. The Morgan fingerprint density at radius 3 is 2.58 bits per heavy atom. The van der Waals surface area contributed by atoms with Crippen LogP contribution in [-0.2, 0) is 17.8 Å². The topological polar surface area (TPSA) is 44.7 Å². The lowest BCUT2D eigenvalue weighted by molar-refractivity contribution is -0.115. The lowest BCUT2D eigenvalue weighted by Gasteiger charge is -2.22. The van der Waals surface area contributed by atoms with E-state index < -0.39 is 11.7 Å². The first-order valence-electron chi connectivity index (χ1n) is 8.22. The standard InChI is InChI=1S/C20H21F2N3O/c1-3-16-6-4-5-7-19(16)24-14-25(13-18(22)20(26)23-2)12-15-8-10-17(21)11-9-15/h4-11,13,24H,2-3,12,14H2,1H3/b18-13+. The van der Waals surface area contributed by atoms with E-state index in [-0.39, 0.29) is 12.5 Å². The minimum absolute atomic E-state index is 0.256. The molecule has 0 aliphatic carbocycles. The average molecular weight is 357 g/mol. The van der Waals surface area contributed by atoms with Crippen LogP contribution in [0.5, 0.6) is 0 Å². The first-order valence-corrected chi connectivity index (χ1v) is 8.22. The van der Waals surface area contributed by atoms with E-state index in [4.69, 9.17) is 0 Å². The Kier molecular flexibility index (Phi) is 7.02. The monoisotopic (exact) mass is 357 g/mol. The summed E-state index contributed by atoms with van der Waals surface area (Å²) in [4.78, 5) is 16.0. The van der Waals surface area contributed by atoms with E-state index in [1.165, 1.54) is 12.1 Å². The summed E-state index contributed by atoms with van der Waals surface area (Å²) in [5.41, 5.74) is 2.84. The third-order valence-electron chi connectivity index (χ3n) is 3.81. The number of benzene rings is 2. The van der Waals surface area contributed by atoms with Gasteiger partial charge in [0.15, 0.2) is 0 Å². The van der Waals surface area contributed by atoms with Gasteiger partial charge < -0.3 is 10.2 Å². The zero-order valence-electron chi connectivity index (χ0n) is 14.6. The quantitative estimate of drug-likeness (QED) is 0.435. The summed E-state index contributed by atoms with van der Waals surface area (Å²) in [5.74, 6) is -2.38. The van der Waals surface area contributed by atoms with Gasteiger partial charge in [-0.05, 0) is 42.5 Å². The Morgan fingerprint density at radius 1 is 1.23 bits per heavy atom.